The van der Waals surface area contributed by atoms with Crippen molar-refractivity contribution in [3.8, 4) is 5.75 Å². The van der Waals surface area contributed by atoms with Crippen LogP contribution in [0.15, 0.2) is 12.1 Å². The Morgan fingerprint density at radius 2 is 1.33 bits per heavy atom. The topological polar surface area (TPSA) is 54.4 Å². The van der Waals surface area contributed by atoms with Crippen LogP contribution in [0, 0.1) is 0 Å². The van der Waals surface area contributed by atoms with Gasteiger partial charge < -0.3 is 5.11 Å². The third-order valence-corrected chi connectivity index (χ3v) is 3.80. The molecule has 0 fully saturated rings. The minimum absolute atomic E-state index is 0.203. The first kappa shape index (κ1) is 17.4. The lowest BCUT2D eigenvalue weighted by Gasteiger charge is -2.07. The molecule has 0 saturated carbocycles. The lowest BCUT2D eigenvalue weighted by molar-refractivity contribution is 0.112. The van der Waals surface area contributed by atoms with Gasteiger partial charge in [0.2, 0.25) is 0 Å². The van der Waals surface area contributed by atoms with E-state index in [0.29, 0.717) is 12.6 Å². The monoisotopic (exact) mass is 290 g/mol. The summed E-state index contributed by atoms with van der Waals surface area (Å²) in [6, 6.07) is 3.35. The second kappa shape index (κ2) is 10.1. The number of unbranched alkanes of at least 4 members (excludes halogenated alkanes) is 7. The molecular formula is C18H26O3. The van der Waals surface area contributed by atoms with Crippen molar-refractivity contribution in [2.45, 2.75) is 64.7 Å². The Morgan fingerprint density at radius 3 is 1.81 bits per heavy atom. The van der Waals surface area contributed by atoms with Crippen molar-refractivity contribution in [3.63, 3.8) is 0 Å². The lowest BCUT2D eigenvalue weighted by Crippen LogP contribution is -1.94. The number of aldehydes is 2. The number of rotatable bonds is 11. The number of phenols is 1. The summed E-state index contributed by atoms with van der Waals surface area (Å²) in [7, 11) is 0. The van der Waals surface area contributed by atoms with E-state index in [2.05, 4.69) is 6.92 Å². The van der Waals surface area contributed by atoms with Gasteiger partial charge in [0.05, 0.1) is 11.1 Å². The molecule has 0 amide bonds. The summed E-state index contributed by atoms with van der Waals surface area (Å²) in [5.74, 6) is -0.209. The van der Waals surface area contributed by atoms with Crippen molar-refractivity contribution in [3.05, 3.63) is 28.8 Å². The molecule has 3 nitrogen and oxygen atoms in total. The van der Waals surface area contributed by atoms with E-state index in [9.17, 15) is 14.7 Å². The summed E-state index contributed by atoms with van der Waals surface area (Å²) < 4.78 is 0. The number of carbonyl (C=O) groups is 2. The van der Waals surface area contributed by atoms with Crippen molar-refractivity contribution in [2.24, 2.45) is 0 Å². The van der Waals surface area contributed by atoms with E-state index in [1.54, 1.807) is 12.1 Å². The summed E-state index contributed by atoms with van der Waals surface area (Å²) >= 11 is 0. The third-order valence-electron chi connectivity index (χ3n) is 3.80. The number of aryl methyl sites for hydroxylation is 1. The van der Waals surface area contributed by atoms with Crippen LogP contribution in [-0.2, 0) is 6.42 Å². The van der Waals surface area contributed by atoms with Crippen molar-refractivity contribution in [1.29, 1.82) is 0 Å². The quantitative estimate of drug-likeness (QED) is 0.474. The maximum absolute atomic E-state index is 10.9. The van der Waals surface area contributed by atoms with Crippen LogP contribution in [0.2, 0.25) is 0 Å². The van der Waals surface area contributed by atoms with E-state index in [4.69, 9.17) is 0 Å². The Morgan fingerprint density at radius 1 is 0.857 bits per heavy atom. The molecule has 3 heteroatoms. The van der Waals surface area contributed by atoms with Gasteiger partial charge in [0.15, 0.2) is 12.6 Å². The highest BCUT2D eigenvalue weighted by molar-refractivity contribution is 5.88. The zero-order valence-corrected chi connectivity index (χ0v) is 12.9. The molecule has 1 rings (SSSR count). The molecule has 0 atom stereocenters. The SMILES string of the molecule is CCCCCCCCCCc1cc(C=O)c(O)c(C=O)c1. The van der Waals surface area contributed by atoms with E-state index in [0.717, 1.165) is 18.4 Å². The van der Waals surface area contributed by atoms with Gasteiger partial charge in [-0.15, -0.1) is 0 Å². The highest BCUT2D eigenvalue weighted by Gasteiger charge is 2.08. The van der Waals surface area contributed by atoms with Crippen LogP contribution in [0.4, 0.5) is 0 Å². The molecule has 0 spiro atoms. The molecule has 0 aromatic heterocycles. The van der Waals surface area contributed by atoms with Crippen LogP contribution in [-0.4, -0.2) is 17.7 Å². The van der Waals surface area contributed by atoms with E-state index in [1.807, 2.05) is 0 Å². The zero-order chi connectivity index (χ0) is 15.5. The maximum Gasteiger partial charge on any atom is 0.153 e. The minimum Gasteiger partial charge on any atom is -0.506 e. The molecule has 1 N–H and O–H groups in total. The molecular weight excluding hydrogens is 264 g/mol. The second-order valence-electron chi connectivity index (χ2n) is 5.58. The summed E-state index contributed by atoms with van der Waals surface area (Å²) in [5.41, 5.74) is 1.35. The molecule has 0 heterocycles. The van der Waals surface area contributed by atoms with Gasteiger partial charge in [0.25, 0.3) is 0 Å². The fourth-order valence-electron chi connectivity index (χ4n) is 2.53. The van der Waals surface area contributed by atoms with Crippen molar-refractivity contribution >= 4 is 12.6 Å². The molecule has 0 aliphatic heterocycles. The van der Waals surface area contributed by atoms with Gasteiger partial charge in [0.1, 0.15) is 5.75 Å². The van der Waals surface area contributed by atoms with Gasteiger partial charge in [0, 0.05) is 0 Å². The molecule has 21 heavy (non-hydrogen) atoms. The van der Waals surface area contributed by atoms with Crippen LogP contribution in [0.5, 0.6) is 5.75 Å². The first-order valence-electron chi connectivity index (χ1n) is 7.99. The predicted molar refractivity (Wildman–Crippen MR) is 85.2 cm³/mol. The first-order chi connectivity index (χ1) is 10.2. The third kappa shape index (κ3) is 6.11. The Kier molecular flexibility index (Phi) is 8.41. The summed E-state index contributed by atoms with van der Waals surface area (Å²) in [4.78, 5) is 21.7. The Balaban J connectivity index is 2.35. The van der Waals surface area contributed by atoms with Crippen LogP contribution in [0.25, 0.3) is 0 Å². The molecule has 1 aromatic rings. The highest BCUT2D eigenvalue weighted by atomic mass is 16.3. The summed E-state index contributed by atoms with van der Waals surface area (Å²) in [6.07, 6.45) is 12.0. The molecule has 0 radical (unpaired) electrons. The van der Waals surface area contributed by atoms with Crippen molar-refractivity contribution in [1.82, 2.24) is 0 Å². The fraction of sp³-hybridized carbons (Fsp3) is 0.556. The van der Waals surface area contributed by atoms with Crippen molar-refractivity contribution in [2.75, 3.05) is 0 Å². The smallest absolute Gasteiger partial charge is 0.153 e. The molecule has 0 aliphatic rings. The maximum atomic E-state index is 10.9. The normalized spacial score (nSPS) is 10.5. The Hall–Kier alpha value is -1.64. The predicted octanol–water partition coefficient (Wildman–Crippen LogP) is 4.70. The number of hydrogen-bond donors (Lipinski definition) is 1. The van der Waals surface area contributed by atoms with Gasteiger partial charge in [-0.1, -0.05) is 51.9 Å². The van der Waals surface area contributed by atoms with E-state index >= 15 is 0 Å². The molecule has 116 valence electrons. The van der Waals surface area contributed by atoms with E-state index < -0.39 is 0 Å². The lowest BCUT2D eigenvalue weighted by atomic mass is 10.00. The highest BCUT2D eigenvalue weighted by Crippen LogP contribution is 2.23. The number of hydrogen-bond acceptors (Lipinski definition) is 3. The Bertz CT molecular complexity index is 423. The summed E-state index contributed by atoms with van der Waals surface area (Å²) in [6.45, 7) is 2.22. The standard InChI is InChI=1S/C18H26O3/c1-2-3-4-5-6-7-8-9-10-15-11-16(13-19)18(21)17(12-15)14-20/h11-14,21H,2-10H2,1H3. The van der Waals surface area contributed by atoms with Gasteiger partial charge in [-0.3, -0.25) is 9.59 Å². The van der Waals surface area contributed by atoms with Gasteiger partial charge in [-0.25, -0.2) is 0 Å². The van der Waals surface area contributed by atoms with Crippen LogP contribution < -0.4 is 0 Å². The number of aromatic hydroxyl groups is 1. The summed E-state index contributed by atoms with van der Waals surface area (Å²) in [5, 5.41) is 9.66. The molecule has 0 saturated heterocycles. The fourth-order valence-corrected chi connectivity index (χ4v) is 2.53. The molecule has 0 unspecified atom stereocenters. The Labute approximate surface area is 127 Å². The first-order valence-corrected chi connectivity index (χ1v) is 7.99. The van der Waals surface area contributed by atoms with Crippen molar-refractivity contribution < 1.29 is 14.7 Å². The number of benzene rings is 1. The largest absolute Gasteiger partial charge is 0.506 e. The zero-order valence-electron chi connectivity index (χ0n) is 12.9. The van der Waals surface area contributed by atoms with Crippen LogP contribution in [0.1, 0.15) is 84.6 Å². The molecule has 0 bridgehead atoms. The van der Waals surface area contributed by atoms with Gasteiger partial charge >= 0.3 is 0 Å². The van der Waals surface area contributed by atoms with Gasteiger partial charge in [-0.2, -0.15) is 0 Å². The van der Waals surface area contributed by atoms with E-state index in [-0.39, 0.29) is 16.9 Å². The van der Waals surface area contributed by atoms with E-state index in [1.165, 1.54) is 44.9 Å². The number of phenolic OH excluding ortho intramolecular Hbond substituents is 1. The second-order valence-corrected chi connectivity index (χ2v) is 5.58. The average molecular weight is 290 g/mol. The molecule has 0 aliphatic carbocycles. The minimum atomic E-state index is -0.209. The van der Waals surface area contributed by atoms with Gasteiger partial charge in [-0.05, 0) is 30.5 Å². The van der Waals surface area contributed by atoms with Crippen LogP contribution in [0.3, 0.4) is 0 Å². The molecule has 1 aromatic carbocycles. The van der Waals surface area contributed by atoms with Crippen LogP contribution >= 0.6 is 0 Å². The average Bonchev–Trinajstić information content (AvgIpc) is 2.51. The number of carbonyl (C=O) groups excluding carboxylic acids is 2.